The van der Waals surface area contributed by atoms with Crippen molar-refractivity contribution in [3.8, 4) is 0 Å². The average molecular weight is 236 g/mol. The van der Waals surface area contributed by atoms with Crippen molar-refractivity contribution in [1.82, 2.24) is 0 Å². The standard InChI is InChI=1S/C12H12O5/c13-6-2-1-3-8-7-9(11(14)15)4-5-10(8)12(16)17/h4-7H,1-3H2,(H,14,15)(H,16,17). The van der Waals surface area contributed by atoms with Crippen LogP contribution in [0.3, 0.4) is 0 Å². The highest BCUT2D eigenvalue weighted by atomic mass is 16.4. The third-order valence-corrected chi connectivity index (χ3v) is 2.35. The molecule has 1 aromatic rings. The van der Waals surface area contributed by atoms with Crippen LogP contribution in [0, 0.1) is 0 Å². The van der Waals surface area contributed by atoms with Gasteiger partial charge in [-0.15, -0.1) is 0 Å². The van der Waals surface area contributed by atoms with Crippen LogP contribution >= 0.6 is 0 Å². The first-order chi connectivity index (χ1) is 8.06. The molecule has 0 unspecified atom stereocenters. The van der Waals surface area contributed by atoms with E-state index in [1.54, 1.807) is 0 Å². The zero-order valence-electron chi connectivity index (χ0n) is 9.05. The fourth-order valence-corrected chi connectivity index (χ4v) is 1.52. The second-order valence-corrected chi connectivity index (χ2v) is 3.54. The van der Waals surface area contributed by atoms with E-state index in [9.17, 15) is 14.4 Å². The number of rotatable bonds is 6. The Hall–Kier alpha value is -2.17. The van der Waals surface area contributed by atoms with E-state index in [0.29, 0.717) is 24.8 Å². The highest BCUT2D eigenvalue weighted by Crippen LogP contribution is 2.15. The van der Waals surface area contributed by atoms with Gasteiger partial charge >= 0.3 is 11.9 Å². The summed E-state index contributed by atoms with van der Waals surface area (Å²) in [7, 11) is 0. The van der Waals surface area contributed by atoms with Crippen molar-refractivity contribution in [2.45, 2.75) is 19.3 Å². The number of carbonyl (C=O) groups is 3. The van der Waals surface area contributed by atoms with Crippen LogP contribution in [0.25, 0.3) is 0 Å². The Kier molecular flexibility index (Phi) is 4.39. The summed E-state index contributed by atoms with van der Waals surface area (Å²) in [5, 5.41) is 17.7. The lowest BCUT2D eigenvalue weighted by Crippen LogP contribution is -2.06. The lowest BCUT2D eigenvalue weighted by Gasteiger charge is -2.06. The molecule has 0 spiro atoms. The summed E-state index contributed by atoms with van der Waals surface area (Å²) in [6.45, 7) is 0. The molecule has 0 saturated heterocycles. The first kappa shape index (κ1) is 12.9. The van der Waals surface area contributed by atoms with Gasteiger partial charge in [-0.2, -0.15) is 0 Å². The lowest BCUT2D eigenvalue weighted by molar-refractivity contribution is -0.107. The second kappa shape index (κ2) is 5.79. The first-order valence-corrected chi connectivity index (χ1v) is 5.09. The largest absolute Gasteiger partial charge is 0.478 e. The molecule has 5 heteroatoms. The third-order valence-electron chi connectivity index (χ3n) is 2.35. The number of carboxylic acid groups (broad SMARTS) is 2. The molecule has 90 valence electrons. The maximum Gasteiger partial charge on any atom is 0.335 e. The normalized spacial score (nSPS) is 9.88. The molecule has 0 heterocycles. The van der Waals surface area contributed by atoms with Gasteiger partial charge < -0.3 is 15.0 Å². The fraction of sp³-hybridized carbons (Fsp3) is 0.250. The molecular formula is C12H12O5. The van der Waals surface area contributed by atoms with Crippen LogP contribution in [0.1, 0.15) is 39.1 Å². The van der Waals surface area contributed by atoms with Crippen LogP contribution in [-0.2, 0) is 11.2 Å². The maximum absolute atomic E-state index is 10.9. The van der Waals surface area contributed by atoms with Crippen molar-refractivity contribution in [2.75, 3.05) is 0 Å². The van der Waals surface area contributed by atoms with E-state index in [4.69, 9.17) is 10.2 Å². The predicted molar refractivity (Wildman–Crippen MR) is 59.4 cm³/mol. The lowest BCUT2D eigenvalue weighted by atomic mass is 9.99. The zero-order valence-corrected chi connectivity index (χ0v) is 9.05. The number of aldehydes is 1. The van der Waals surface area contributed by atoms with Gasteiger partial charge in [-0.25, -0.2) is 9.59 Å². The molecule has 0 saturated carbocycles. The van der Waals surface area contributed by atoms with E-state index < -0.39 is 11.9 Å². The molecule has 0 aliphatic rings. The van der Waals surface area contributed by atoms with Crippen LogP contribution in [-0.4, -0.2) is 28.4 Å². The minimum atomic E-state index is -1.10. The van der Waals surface area contributed by atoms with Crippen molar-refractivity contribution >= 4 is 18.2 Å². The van der Waals surface area contributed by atoms with Crippen molar-refractivity contribution in [1.29, 1.82) is 0 Å². The van der Waals surface area contributed by atoms with E-state index in [1.807, 2.05) is 0 Å². The monoisotopic (exact) mass is 236 g/mol. The molecule has 0 amide bonds. The molecule has 0 bridgehead atoms. The van der Waals surface area contributed by atoms with Gasteiger partial charge in [0, 0.05) is 6.42 Å². The molecule has 17 heavy (non-hydrogen) atoms. The van der Waals surface area contributed by atoms with Gasteiger partial charge in [-0.05, 0) is 36.6 Å². The molecule has 2 N–H and O–H groups in total. The average Bonchev–Trinajstić information content (AvgIpc) is 2.28. The highest BCUT2D eigenvalue weighted by Gasteiger charge is 2.12. The van der Waals surface area contributed by atoms with Crippen molar-refractivity contribution < 1.29 is 24.6 Å². The summed E-state index contributed by atoms with van der Waals surface area (Å²) < 4.78 is 0. The minimum absolute atomic E-state index is 0.0519. The summed E-state index contributed by atoms with van der Waals surface area (Å²) in [6, 6.07) is 3.88. The van der Waals surface area contributed by atoms with Crippen LogP contribution < -0.4 is 0 Å². The molecule has 1 aromatic carbocycles. The van der Waals surface area contributed by atoms with E-state index in [1.165, 1.54) is 18.2 Å². The number of aromatic carboxylic acids is 2. The van der Waals surface area contributed by atoms with Crippen LogP contribution in [0.15, 0.2) is 18.2 Å². The van der Waals surface area contributed by atoms with Crippen LogP contribution in [0.5, 0.6) is 0 Å². The molecule has 0 aromatic heterocycles. The molecule has 0 aliphatic heterocycles. The number of benzene rings is 1. The molecule has 0 atom stereocenters. The van der Waals surface area contributed by atoms with Gasteiger partial charge in [-0.3, -0.25) is 0 Å². The maximum atomic E-state index is 10.9. The van der Waals surface area contributed by atoms with Gasteiger partial charge in [0.15, 0.2) is 0 Å². The smallest absolute Gasteiger partial charge is 0.335 e. The number of hydrogen-bond acceptors (Lipinski definition) is 3. The molecular weight excluding hydrogens is 224 g/mol. The van der Waals surface area contributed by atoms with Crippen molar-refractivity contribution in [3.05, 3.63) is 34.9 Å². The van der Waals surface area contributed by atoms with E-state index in [2.05, 4.69) is 0 Å². The Morgan fingerprint density at radius 2 is 1.88 bits per heavy atom. The third kappa shape index (κ3) is 3.41. The summed E-state index contributed by atoms with van der Waals surface area (Å²) in [4.78, 5) is 31.9. The van der Waals surface area contributed by atoms with Gasteiger partial charge in [0.05, 0.1) is 11.1 Å². The van der Waals surface area contributed by atoms with E-state index in [0.717, 1.165) is 6.29 Å². The van der Waals surface area contributed by atoms with Crippen molar-refractivity contribution in [2.24, 2.45) is 0 Å². The van der Waals surface area contributed by atoms with Gasteiger partial charge in [-0.1, -0.05) is 0 Å². The second-order valence-electron chi connectivity index (χ2n) is 3.54. The Morgan fingerprint density at radius 3 is 2.41 bits per heavy atom. The van der Waals surface area contributed by atoms with Crippen LogP contribution in [0.4, 0.5) is 0 Å². The number of hydrogen-bond donors (Lipinski definition) is 2. The topological polar surface area (TPSA) is 91.7 Å². The molecule has 5 nitrogen and oxygen atoms in total. The Labute approximate surface area is 97.7 Å². The quantitative estimate of drug-likeness (QED) is 0.578. The minimum Gasteiger partial charge on any atom is -0.478 e. The number of carbonyl (C=O) groups excluding carboxylic acids is 1. The SMILES string of the molecule is O=CCCCc1cc(C(=O)O)ccc1C(=O)O. The highest BCUT2D eigenvalue weighted by molar-refractivity contribution is 5.93. The summed E-state index contributed by atoms with van der Waals surface area (Å²) in [5.74, 6) is -2.19. The summed E-state index contributed by atoms with van der Waals surface area (Å²) >= 11 is 0. The van der Waals surface area contributed by atoms with Gasteiger partial charge in [0.2, 0.25) is 0 Å². The predicted octanol–water partition coefficient (Wildman–Crippen LogP) is 1.60. The first-order valence-electron chi connectivity index (χ1n) is 5.09. The van der Waals surface area contributed by atoms with Crippen LogP contribution in [0.2, 0.25) is 0 Å². The Bertz CT molecular complexity index is 450. The number of carboxylic acids is 2. The summed E-state index contributed by atoms with van der Waals surface area (Å²) in [5.41, 5.74) is 0.580. The summed E-state index contributed by atoms with van der Waals surface area (Å²) in [6.07, 6.45) is 1.96. The fourth-order valence-electron chi connectivity index (χ4n) is 1.52. The molecule has 0 radical (unpaired) electrons. The zero-order chi connectivity index (χ0) is 12.8. The molecule has 0 aliphatic carbocycles. The van der Waals surface area contributed by atoms with Crippen molar-refractivity contribution in [3.63, 3.8) is 0 Å². The number of aryl methyl sites for hydroxylation is 1. The number of unbranched alkanes of at least 4 members (excludes halogenated alkanes) is 1. The van der Waals surface area contributed by atoms with Gasteiger partial charge in [0.1, 0.15) is 6.29 Å². The Balaban J connectivity index is 3.02. The van der Waals surface area contributed by atoms with E-state index >= 15 is 0 Å². The molecule has 1 rings (SSSR count). The molecule has 0 fully saturated rings. The van der Waals surface area contributed by atoms with Gasteiger partial charge in [0.25, 0.3) is 0 Å². The van der Waals surface area contributed by atoms with E-state index in [-0.39, 0.29) is 11.1 Å². The Morgan fingerprint density at radius 1 is 1.18 bits per heavy atom.